The molecule has 1 aliphatic rings. The van der Waals surface area contributed by atoms with E-state index in [4.69, 9.17) is 0 Å². The number of hydrogen-bond donors (Lipinski definition) is 1. The van der Waals surface area contributed by atoms with Crippen molar-refractivity contribution in [2.24, 2.45) is 7.05 Å². The minimum Gasteiger partial charge on any atom is -0.338 e. The lowest BCUT2D eigenvalue weighted by Gasteiger charge is -2.38. The van der Waals surface area contributed by atoms with Crippen LogP contribution in [0.2, 0.25) is 0 Å². The van der Waals surface area contributed by atoms with Crippen molar-refractivity contribution in [2.45, 2.75) is 19.9 Å². The van der Waals surface area contributed by atoms with E-state index in [0.717, 1.165) is 26.2 Å². The molecular formula is C14H27N5. The minimum absolute atomic E-state index is 0.394. The van der Waals surface area contributed by atoms with Gasteiger partial charge in [0.2, 0.25) is 0 Å². The van der Waals surface area contributed by atoms with Crippen LogP contribution in [0.25, 0.3) is 0 Å². The molecule has 2 heterocycles. The van der Waals surface area contributed by atoms with Gasteiger partial charge in [0.1, 0.15) is 0 Å². The molecule has 0 amide bonds. The maximum Gasteiger partial charge on any atom is 0.0949 e. The Morgan fingerprint density at radius 2 is 2.00 bits per heavy atom. The molecule has 1 aromatic rings. The van der Waals surface area contributed by atoms with Crippen molar-refractivity contribution in [3.63, 3.8) is 0 Å². The Balaban J connectivity index is 2.10. The van der Waals surface area contributed by atoms with Crippen LogP contribution < -0.4 is 5.32 Å². The first kappa shape index (κ1) is 14.5. The molecule has 5 heteroatoms. The summed E-state index contributed by atoms with van der Waals surface area (Å²) in [7, 11) is 4.09. The van der Waals surface area contributed by atoms with Crippen LogP contribution in [0.3, 0.4) is 0 Å². The standard InChI is InChI=1S/C14H27N5/c1-5-18-6-8-19(9-7-18)13(10-15-3)14-12(2)17(4)11-16-14/h11,13,15H,5-10H2,1-4H3. The molecule has 1 aromatic heterocycles. The third kappa shape index (κ3) is 3.16. The summed E-state index contributed by atoms with van der Waals surface area (Å²) in [5.41, 5.74) is 2.50. The average Bonchev–Trinajstić information content (AvgIpc) is 2.77. The maximum atomic E-state index is 4.62. The molecule has 108 valence electrons. The van der Waals surface area contributed by atoms with Gasteiger partial charge in [-0.2, -0.15) is 0 Å². The van der Waals surface area contributed by atoms with Gasteiger partial charge in [0.15, 0.2) is 0 Å². The van der Waals surface area contributed by atoms with Crippen molar-refractivity contribution in [1.29, 1.82) is 0 Å². The Kier molecular flexibility index (Phi) is 4.96. The molecule has 1 unspecified atom stereocenters. The minimum atomic E-state index is 0.394. The summed E-state index contributed by atoms with van der Waals surface area (Å²) in [4.78, 5) is 9.70. The zero-order valence-electron chi connectivity index (χ0n) is 12.7. The van der Waals surface area contributed by atoms with Gasteiger partial charge < -0.3 is 14.8 Å². The Morgan fingerprint density at radius 3 is 2.47 bits per heavy atom. The summed E-state index contributed by atoms with van der Waals surface area (Å²) in [6.45, 7) is 11.1. The summed E-state index contributed by atoms with van der Waals surface area (Å²) in [5.74, 6) is 0. The van der Waals surface area contributed by atoms with Crippen LogP contribution in [0.15, 0.2) is 6.33 Å². The van der Waals surface area contributed by atoms with Gasteiger partial charge in [0, 0.05) is 45.5 Å². The number of nitrogens with one attached hydrogen (secondary N) is 1. The molecule has 0 bridgehead atoms. The van der Waals surface area contributed by atoms with E-state index in [1.165, 1.54) is 24.5 Å². The largest absolute Gasteiger partial charge is 0.338 e. The fraction of sp³-hybridized carbons (Fsp3) is 0.786. The summed E-state index contributed by atoms with van der Waals surface area (Å²) in [5, 5.41) is 3.32. The van der Waals surface area contributed by atoms with Crippen LogP contribution >= 0.6 is 0 Å². The molecule has 0 radical (unpaired) electrons. The van der Waals surface area contributed by atoms with Gasteiger partial charge in [-0.25, -0.2) is 4.98 Å². The van der Waals surface area contributed by atoms with Gasteiger partial charge in [-0.15, -0.1) is 0 Å². The van der Waals surface area contributed by atoms with Crippen molar-refractivity contribution in [1.82, 2.24) is 24.7 Å². The Bertz CT molecular complexity index is 393. The fourth-order valence-corrected chi connectivity index (χ4v) is 2.82. The molecule has 0 aromatic carbocycles. The van der Waals surface area contributed by atoms with E-state index in [1.54, 1.807) is 0 Å². The molecule has 19 heavy (non-hydrogen) atoms. The van der Waals surface area contributed by atoms with Gasteiger partial charge in [-0.1, -0.05) is 6.92 Å². The average molecular weight is 265 g/mol. The Morgan fingerprint density at radius 1 is 1.32 bits per heavy atom. The highest BCUT2D eigenvalue weighted by atomic mass is 15.3. The van der Waals surface area contributed by atoms with Crippen LogP contribution in [0.1, 0.15) is 24.4 Å². The predicted octanol–water partition coefficient (Wildman–Crippen LogP) is 0.627. The highest BCUT2D eigenvalue weighted by Gasteiger charge is 2.26. The molecule has 5 nitrogen and oxygen atoms in total. The number of imidazole rings is 1. The van der Waals surface area contributed by atoms with E-state index >= 15 is 0 Å². The lowest BCUT2D eigenvalue weighted by Crippen LogP contribution is -2.49. The van der Waals surface area contributed by atoms with E-state index in [0.29, 0.717) is 6.04 Å². The number of piperazine rings is 1. The summed E-state index contributed by atoms with van der Waals surface area (Å²) in [6, 6.07) is 0.394. The summed E-state index contributed by atoms with van der Waals surface area (Å²) >= 11 is 0. The molecular weight excluding hydrogens is 238 g/mol. The van der Waals surface area contributed by atoms with Crippen LogP contribution in [-0.2, 0) is 7.05 Å². The molecule has 0 aliphatic carbocycles. The molecule has 1 aliphatic heterocycles. The number of rotatable bonds is 5. The highest BCUT2D eigenvalue weighted by Crippen LogP contribution is 2.23. The van der Waals surface area contributed by atoms with Crippen molar-refractivity contribution >= 4 is 0 Å². The van der Waals surface area contributed by atoms with E-state index in [9.17, 15) is 0 Å². The second kappa shape index (κ2) is 6.50. The van der Waals surface area contributed by atoms with Crippen molar-refractivity contribution in [2.75, 3.05) is 46.3 Å². The lowest BCUT2D eigenvalue weighted by atomic mass is 10.1. The second-order valence-electron chi connectivity index (χ2n) is 5.37. The lowest BCUT2D eigenvalue weighted by molar-refractivity contribution is 0.0972. The first-order valence-electron chi connectivity index (χ1n) is 7.26. The van der Waals surface area contributed by atoms with Crippen LogP contribution in [0.5, 0.6) is 0 Å². The first-order chi connectivity index (χ1) is 9.17. The topological polar surface area (TPSA) is 36.3 Å². The number of likely N-dealkylation sites (N-methyl/N-ethyl adjacent to an activating group) is 2. The zero-order chi connectivity index (χ0) is 13.8. The van der Waals surface area contributed by atoms with E-state index in [1.807, 2.05) is 13.4 Å². The normalized spacial score (nSPS) is 19.8. The number of aryl methyl sites for hydroxylation is 1. The summed E-state index contributed by atoms with van der Waals surface area (Å²) < 4.78 is 2.11. The van der Waals surface area contributed by atoms with E-state index in [2.05, 4.69) is 45.6 Å². The van der Waals surface area contributed by atoms with E-state index in [-0.39, 0.29) is 0 Å². The Hall–Kier alpha value is -0.910. The van der Waals surface area contributed by atoms with Crippen LogP contribution in [0, 0.1) is 6.92 Å². The second-order valence-corrected chi connectivity index (χ2v) is 5.37. The predicted molar refractivity (Wildman–Crippen MR) is 78.3 cm³/mol. The molecule has 0 saturated carbocycles. The van der Waals surface area contributed by atoms with Crippen LogP contribution in [0.4, 0.5) is 0 Å². The number of nitrogens with zero attached hydrogens (tertiary/aromatic N) is 4. The van der Waals surface area contributed by atoms with Crippen molar-refractivity contribution in [3.8, 4) is 0 Å². The first-order valence-corrected chi connectivity index (χ1v) is 7.26. The molecule has 0 spiro atoms. The molecule has 1 N–H and O–H groups in total. The molecule has 1 saturated heterocycles. The van der Waals surface area contributed by atoms with Gasteiger partial charge in [-0.3, -0.25) is 4.90 Å². The molecule has 2 rings (SSSR count). The number of aromatic nitrogens is 2. The van der Waals surface area contributed by atoms with Gasteiger partial charge in [0.05, 0.1) is 18.1 Å². The Labute approximate surface area is 116 Å². The monoisotopic (exact) mass is 265 g/mol. The fourth-order valence-electron chi connectivity index (χ4n) is 2.82. The maximum absolute atomic E-state index is 4.62. The van der Waals surface area contributed by atoms with Gasteiger partial charge in [0.25, 0.3) is 0 Å². The van der Waals surface area contributed by atoms with Gasteiger partial charge >= 0.3 is 0 Å². The molecule has 1 fully saturated rings. The third-order valence-electron chi connectivity index (χ3n) is 4.28. The summed E-state index contributed by atoms with van der Waals surface area (Å²) in [6.07, 6.45) is 1.93. The quantitative estimate of drug-likeness (QED) is 0.847. The zero-order valence-corrected chi connectivity index (χ0v) is 12.7. The smallest absolute Gasteiger partial charge is 0.0949 e. The number of hydrogen-bond acceptors (Lipinski definition) is 4. The van der Waals surface area contributed by atoms with Gasteiger partial charge in [-0.05, 0) is 20.5 Å². The third-order valence-corrected chi connectivity index (χ3v) is 4.28. The SMILES string of the molecule is CCN1CCN(C(CNC)c2ncn(C)c2C)CC1. The van der Waals surface area contributed by atoms with E-state index < -0.39 is 0 Å². The highest BCUT2D eigenvalue weighted by molar-refractivity contribution is 5.16. The molecule has 1 atom stereocenters. The van der Waals surface area contributed by atoms with Crippen molar-refractivity contribution in [3.05, 3.63) is 17.7 Å². The van der Waals surface area contributed by atoms with Crippen LogP contribution in [-0.4, -0.2) is 65.7 Å². The van der Waals surface area contributed by atoms with Crippen molar-refractivity contribution < 1.29 is 0 Å².